The molecule has 0 aliphatic heterocycles. The first-order valence-corrected chi connectivity index (χ1v) is 7.00. The molecule has 0 bridgehead atoms. The van der Waals surface area contributed by atoms with Gasteiger partial charge in [0.05, 0.1) is 52.9 Å². The van der Waals surface area contributed by atoms with E-state index in [1.54, 1.807) is 0 Å². The van der Waals surface area contributed by atoms with E-state index in [-0.39, 0.29) is 24.8 Å². The van der Waals surface area contributed by atoms with Crippen LogP contribution in [0.5, 0.6) is 0 Å². The van der Waals surface area contributed by atoms with Gasteiger partial charge in [-0.15, -0.1) is 0 Å². The van der Waals surface area contributed by atoms with E-state index in [2.05, 4.69) is 0 Å². The van der Waals surface area contributed by atoms with Gasteiger partial charge in [-0.3, -0.25) is 9.59 Å². The second-order valence-corrected chi connectivity index (χ2v) is 4.35. The summed E-state index contributed by atoms with van der Waals surface area (Å²) in [4.78, 5) is 21.1. The van der Waals surface area contributed by atoms with E-state index in [0.29, 0.717) is 52.9 Å². The summed E-state index contributed by atoms with van der Waals surface area (Å²) in [6, 6.07) is 0. The molecule has 21 heavy (non-hydrogen) atoms. The lowest BCUT2D eigenvalue weighted by Crippen LogP contribution is -2.14. The van der Waals surface area contributed by atoms with Crippen molar-refractivity contribution in [1.82, 2.24) is 0 Å². The van der Waals surface area contributed by atoms with E-state index in [4.69, 9.17) is 23.7 Å². The van der Waals surface area contributed by atoms with E-state index in [1.165, 1.54) is 13.8 Å². The molecule has 0 heterocycles. The Morgan fingerprint density at radius 1 is 0.524 bits per heavy atom. The molecule has 0 radical (unpaired) electrons. The number of ether oxygens (including phenoxy) is 5. The zero-order valence-electron chi connectivity index (χ0n) is 12.9. The minimum atomic E-state index is 0.00465. The fourth-order valence-electron chi connectivity index (χ4n) is 1.21. The first-order valence-electron chi connectivity index (χ1n) is 7.00. The summed E-state index contributed by atoms with van der Waals surface area (Å²) >= 11 is 0. The fourth-order valence-corrected chi connectivity index (χ4v) is 1.21. The average molecular weight is 306 g/mol. The molecule has 0 N–H and O–H groups in total. The second kappa shape index (κ2) is 15.5. The van der Waals surface area contributed by atoms with Gasteiger partial charge in [-0.1, -0.05) is 0 Å². The van der Waals surface area contributed by atoms with Crippen LogP contribution in [0.3, 0.4) is 0 Å². The molecule has 0 aromatic heterocycles. The molecule has 0 atom stereocenters. The Morgan fingerprint density at radius 3 is 1.00 bits per heavy atom. The highest BCUT2D eigenvalue weighted by atomic mass is 16.6. The molecule has 0 rings (SSSR count). The summed E-state index contributed by atoms with van der Waals surface area (Å²) in [6.07, 6.45) is 0. The van der Waals surface area contributed by atoms with Crippen LogP contribution in [0.4, 0.5) is 0 Å². The number of Topliss-reactive ketones (excluding diaryl/α,β-unsaturated/α-hetero) is 2. The number of ketones is 2. The largest absolute Gasteiger partial charge is 0.377 e. The molecule has 0 aromatic rings. The molecule has 7 heteroatoms. The highest BCUT2D eigenvalue weighted by Crippen LogP contribution is 1.84. The van der Waals surface area contributed by atoms with Crippen molar-refractivity contribution >= 4 is 11.6 Å². The van der Waals surface area contributed by atoms with Crippen molar-refractivity contribution in [2.24, 2.45) is 0 Å². The molecule has 7 nitrogen and oxygen atoms in total. The Kier molecular flexibility index (Phi) is 14.9. The molecule has 124 valence electrons. The molecule has 0 saturated carbocycles. The lowest BCUT2D eigenvalue weighted by molar-refractivity contribution is -0.122. The van der Waals surface area contributed by atoms with Gasteiger partial charge < -0.3 is 23.7 Å². The fraction of sp³-hybridized carbons (Fsp3) is 0.857. The minimum absolute atomic E-state index is 0.00465. The predicted octanol–water partition coefficient (Wildman–Crippen LogP) is 0.247. The Bertz CT molecular complexity index is 242. The summed E-state index contributed by atoms with van der Waals surface area (Å²) < 4.78 is 25.8. The first kappa shape index (κ1) is 20.1. The van der Waals surface area contributed by atoms with Crippen LogP contribution in [0.15, 0.2) is 0 Å². The van der Waals surface area contributed by atoms with Gasteiger partial charge in [0.2, 0.25) is 0 Å². The maximum atomic E-state index is 10.6. The third kappa shape index (κ3) is 19.1. The van der Waals surface area contributed by atoms with Crippen molar-refractivity contribution in [3.8, 4) is 0 Å². The van der Waals surface area contributed by atoms with E-state index < -0.39 is 0 Å². The topological polar surface area (TPSA) is 80.3 Å². The molecule has 0 aliphatic carbocycles. The van der Waals surface area contributed by atoms with E-state index in [1.807, 2.05) is 0 Å². The van der Waals surface area contributed by atoms with Gasteiger partial charge in [0.25, 0.3) is 0 Å². The zero-order valence-corrected chi connectivity index (χ0v) is 12.9. The smallest absolute Gasteiger partial charge is 0.155 e. The maximum Gasteiger partial charge on any atom is 0.155 e. The van der Waals surface area contributed by atoms with Crippen molar-refractivity contribution in [2.75, 3.05) is 66.1 Å². The highest BCUT2D eigenvalue weighted by molar-refractivity contribution is 5.76. The summed E-state index contributed by atoms with van der Waals surface area (Å²) in [5.74, 6) is 0.00931. The Morgan fingerprint density at radius 2 is 0.762 bits per heavy atom. The van der Waals surface area contributed by atoms with Crippen LogP contribution in [0.2, 0.25) is 0 Å². The molecule has 0 fully saturated rings. The predicted molar refractivity (Wildman–Crippen MR) is 75.5 cm³/mol. The van der Waals surface area contributed by atoms with Crippen molar-refractivity contribution in [1.29, 1.82) is 0 Å². The van der Waals surface area contributed by atoms with Crippen LogP contribution in [-0.2, 0) is 33.3 Å². The Balaban J connectivity index is 2.99. The highest BCUT2D eigenvalue weighted by Gasteiger charge is 1.95. The van der Waals surface area contributed by atoms with Crippen LogP contribution in [0, 0.1) is 0 Å². The van der Waals surface area contributed by atoms with Crippen LogP contribution < -0.4 is 0 Å². The number of carbonyl (C=O) groups excluding carboxylic acids is 2. The number of hydrogen-bond acceptors (Lipinski definition) is 7. The number of hydrogen-bond donors (Lipinski definition) is 0. The average Bonchev–Trinajstić information content (AvgIpc) is 2.42. The van der Waals surface area contributed by atoms with E-state index in [0.717, 1.165) is 0 Å². The Hall–Kier alpha value is -0.860. The molecular weight excluding hydrogens is 280 g/mol. The summed E-state index contributed by atoms with van der Waals surface area (Å²) in [6.45, 7) is 6.84. The standard InChI is InChI=1S/C14H26O7/c1-13(15)11-20-9-7-18-5-3-17-4-6-19-8-10-21-12-14(2)16/h3-12H2,1-2H3. The van der Waals surface area contributed by atoms with Gasteiger partial charge in [0, 0.05) is 0 Å². The normalized spacial score (nSPS) is 10.8. The van der Waals surface area contributed by atoms with Gasteiger partial charge in [0.15, 0.2) is 11.6 Å². The molecule has 0 aromatic carbocycles. The van der Waals surface area contributed by atoms with Gasteiger partial charge in [-0.05, 0) is 13.8 Å². The van der Waals surface area contributed by atoms with Crippen molar-refractivity contribution in [3.63, 3.8) is 0 Å². The minimum Gasteiger partial charge on any atom is -0.377 e. The lowest BCUT2D eigenvalue weighted by Gasteiger charge is -2.07. The van der Waals surface area contributed by atoms with E-state index in [9.17, 15) is 9.59 Å². The molecule has 0 spiro atoms. The van der Waals surface area contributed by atoms with Gasteiger partial charge in [-0.2, -0.15) is 0 Å². The Labute approximate surface area is 125 Å². The van der Waals surface area contributed by atoms with Gasteiger partial charge in [0.1, 0.15) is 13.2 Å². The SMILES string of the molecule is CC(=O)COCCOCCOCCOCCOCC(C)=O. The number of rotatable bonds is 16. The third-order valence-corrected chi connectivity index (χ3v) is 2.10. The van der Waals surface area contributed by atoms with Crippen LogP contribution in [-0.4, -0.2) is 77.6 Å². The summed E-state index contributed by atoms with van der Waals surface area (Å²) in [5, 5.41) is 0. The molecule has 0 aliphatic rings. The monoisotopic (exact) mass is 306 g/mol. The molecule has 0 saturated heterocycles. The summed E-state index contributed by atoms with van der Waals surface area (Å²) in [7, 11) is 0. The summed E-state index contributed by atoms with van der Waals surface area (Å²) in [5.41, 5.74) is 0. The maximum absolute atomic E-state index is 10.6. The number of carbonyl (C=O) groups is 2. The molecule has 0 unspecified atom stereocenters. The van der Waals surface area contributed by atoms with Crippen LogP contribution >= 0.6 is 0 Å². The van der Waals surface area contributed by atoms with Crippen LogP contribution in [0.25, 0.3) is 0 Å². The molecular formula is C14H26O7. The van der Waals surface area contributed by atoms with E-state index >= 15 is 0 Å². The lowest BCUT2D eigenvalue weighted by atomic mass is 10.5. The second-order valence-electron chi connectivity index (χ2n) is 4.35. The zero-order chi connectivity index (χ0) is 15.8. The van der Waals surface area contributed by atoms with Crippen LogP contribution in [0.1, 0.15) is 13.8 Å². The first-order chi connectivity index (χ1) is 10.1. The van der Waals surface area contributed by atoms with Gasteiger partial charge >= 0.3 is 0 Å². The quantitative estimate of drug-likeness (QED) is 0.378. The van der Waals surface area contributed by atoms with Gasteiger partial charge in [-0.25, -0.2) is 0 Å². The van der Waals surface area contributed by atoms with Crippen molar-refractivity contribution < 1.29 is 33.3 Å². The third-order valence-electron chi connectivity index (χ3n) is 2.10. The molecule has 0 amide bonds. The van der Waals surface area contributed by atoms with Crippen molar-refractivity contribution in [2.45, 2.75) is 13.8 Å². The van der Waals surface area contributed by atoms with Crippen molar-refractivity contribution in [3.05, 3.63) is 0 Å².